The number of ether oxygens (including phenoxy) is 1. The zero-order valence-corrected chi connectivity index (χ0v) is 16.9. The van der Waals surface area contributed by atoms with Gasteiger partial charge in [0.25, 0.3) is 0 Å². The Kier molecular flexibility index (Phi) is 7.34. The topological polar surface area (TPSA) is 65.0 Å². The fraction of sp³-hybridized carbons (Fsp3) is 0.591. The molecule has 7 heteroatoms. The van der Waals surface area contributed by atoms with E-state index in [0.29, 0.717) is 44.6 Å². The molecule has 2 N–H and O–H groups in total. The molecule has 0 radical (unpaired) electrons. The molecule has 2 fully saturated rings. The third-order valence-corrected chi connectivity index (χ3v) is 5.62. The highest BCUT2D eigenvalue weighted by Gasteiger charge is 2.25. The molecule has 0 bridgehead atoms. The van der Waals surface area contributed by atoms with Crippen LogP contribution in [0, 0.1) is 18.2 Å². The average molecular weight is 403 g/mol. The van der Waals surface area contributed by atoms with Gasteiger partial charge in [-0.25, -0.2) is 9.18 Å². The lowest BCUT2D eigenvalue weighted by atomic mass is 10.0. The number of hydrogen-bond donors (Lipinski definition) is 2. The van der Waals surface area contributed by atoms with Gasteiger partial charge in [-0.15, -0.1) is 6.42 Å². The number of rotatable bonds is 6. The lowest BCUT2D eigenvalue weighted by molar-refractivity contribution is 0.0842. The number of terminal acetylenes is 1. The van der Waals surface area contributed by atoms with Gasteiger partial charge in [0.2, 0.25) is 0 Å². The van der Waals surface area contributed by atoms with E-state index >= 15 is 0 Å². The van der Waals surface area contributed by atoms with E-state index in [9.17, 15) is 14.3 Å². The fourth-order valence-electron chi connectivity index (χ4n) is 3.98. The number of halogens is 1. The first-order valence-corrected chi connectivity index (χ1v) is 10.3. The molecule has 0 aromatic heterocycles. The molecule has 1 aromatic carbocycles. The van der Waals surface area contributed by atoms with Crippen molar-refractivity contribution in [2.75, 3.05) is 37.7 Å². The minimum Gasteiger partial charge on any atom is -0.393 e. The van der Waals surface area contributed by atoms with Crippen LogP contribution in [0.1, 0.15) is 44.2 Å². The number of urea groups is 1. The van der Waals surface area contributed by atoms with Crippen LogP contribution in [-0.4, -0.2) is 61.0 Å². The van der Waals surface area contributed by atoms with E-state index in [2.05, 4.69) is 16.1 Å². The molecule has 2 aliphatic heterocycles. The van der Waals surface area contributed by atoms with Gasteiger partial charge in [0, 0.05) is 37.5 Å². The van der Waals surface area contributed by atoms with Gasteiger partial charge < -0.3 is 25.0 Å². The van der Waals surface area contributed by atoms with Crippen molar-refractivity contribution in [3.8, 4) is 12.3 Å². The molecule has 0 spiro atoms. The van der Waals surface area contributed by atoms with Crippen molar-refractivity contribution in [3.05, 3.63) is 29.6 Å². The normalized spacial score (nSPS) is 20.9. The third kappa shape index (κ3) is 5.62. The number of benzene rings is 1. The van der Waals surface area contributed by atoms with E-state index < -0.39 is 6.04 Å². The Bertz CT molecular complexity index is 737. The highest BCUT2D eigenvalue weighted by molar-refractivity contribution is 5.75. The van der Waals surface area contributed by atoms with Gasteiger partial charge in [-0.3, -0.25) is 0 Å². The molecule has 0 saturated carbocycles. The number of amides is 2. The van der Waals surface area contributed by atoms with Gasteiger partial charge >= 0.3 is 6.03 Å². The predicted octanol–water partition coefficient (Wildman–Crippen LogP) is 2.67. The summed E-state index contributed by atoms with van der Waals surface area (Å²) in [6.45, 7) is 4.59. The summed E-state index contributed by atoms with van der Waals surface area (Å²) in [6, 6.07) is 3.97. The summed E-state index contributed by atoms with van der Waals surface area (Å²) in [5, 5.41) is 12.7. The summed E-state index contributed by atoms with van der Waals surface area (Å²) in [6.07, 6.45) is 8.42. The van der Waals surface area contributed by atoms with E-state index in [4.69, 9.17) is 11.2 Å². The standard InChI is InChI=1S/C22H30FN3O3/c1-3-10-26(15-19-5-4-13-29-19)22(28)24-16(2)20-14-17(23)6-7-21(20)25-11-8-18(27)9-12-25/h1,6-7,14,16,18-19,27H,4-5,8-13,15H2,2H3,(H,24,28)/t16-,19+/m0/s1. The van der Waals surface area contributed by atoms with Crippen LogP contribution in [0.15, 0.2) is 18.2 Å². The minimum absolute atomic E-state index is 0.00825. The van der Waals surface area contributed by atoms with Crippen LogP contribution in [0.4, 0.5) is 14.9 Å². The average Bonchev–Trinajstić information content (AvgIpc) is 3.21. The Labute approximate surface area is 172 Å². The van der Waals surface area contributed by atoms with Crippen molar-refractivity contribution in [1.82, 2.24) is 10.2 Å². The van der Waals surface area contributed by atoms with Crippen molar-refractivity contribution in [2.45, 2.75) is 50.9 Å². The lowest BCUT2D eigenvalue weighted by Crippen LogP contribution is -2.45. The first-order valence-electron chi connectivity index (χ1n) is 10.3. The van der Waals surface area contributed by atoms with Crippen LogP contribution >= 0.6 is 0 Å². The van der Waals surface area contributed by atoms with Gasteiger partial charge in [0.05, 0.1) is 24.8 Å². The summed E-state index contributed by atoms with van der Waals surface area (Å²) in [5.74, 6) is 2.18. The molecule has 2 saturated heterocycles. The van der Waals surface area contributed by atoms with Crippen LogP contribution in [0.2, 0.25) is 0 Å². The number of anilines is 1. The molecule has 6 nitrogen and oxygen atoms in total. The molecular weight excluding hydrogens is 373 g/mol. The molecule has 3 rings (SSSR count). The number of carbonyl (C=O) groups excluding carboxylic acids is 1. The molecular formula is C22H30FN3O3. The van der Waals surface area contributed by atoms with Gasteiger partial charge in [-0.2, -0.15) is 0 Å². The maximum Gasteiger partial charge on any atom is 0.318 e. The molecule has 158 valence electrons. The molecule has 29 heavy (non-hydrogen) atoms. The largest absolute Gasteiger partial charge is 0.393 e. The number of nitrogens with one attached hydrogen (secondary N) is 1. The van der Waals surface area contributed by atoms with E-state index in [0.717, 1.165) is 18.5 Å². The Balaban J connectivity index is 1.71. The van der Waals surface area contributed by atoms with Gasteiger partial charge in [0.1, 0.15) is 5.82 Å². The lowest BCUT2D eigenvalue weighted by Gasteiger charge is -2.34. The maximum absolute atomic E-state index is 14.0. The number of nitrogens with zero attached hydrogens (tertiary/aromatic N) is 2. The Morgan fingerprint density at radius 2 is 2.21 bits per heavy atom. The molecule has 0 aliphatic carbocycles. The zero-order valence-electron chi connectivity index (χ0n) is 16.9. The Morgan fingerprint density at radius 3 is 2.86 bits per heavy atom. The summed E-state index contributed by atoms with van der Waals surface area (Å²) in [5.41, 5.74) is 1.60. The third-order valence-electron chi connectivity index (χ3n) is 5.62. The second-order valence-electron chi connectivity index (χ2n) is 7.81. The van der Waals surface area contributed by atoms with Crippen LogP contribution in [-0.2, 0) is 4.74 Å². The van der Waals surface area contributed by atoms with E-state index in [1.165, 1.54) is 12.1 Å². The molecule has 2 amide bonds. The van der Waals surface area contributed by atoms with Crippen molar-refractivity contribution < 1.29 is 19.0 Å². The molecule has 0 unspecified atom stereocenters. The maximum atomic E-state index is 14.0. The van der Waals surface area contributed by atoms with Crippen molar-refractivity contribution in [1.29, 1.82) is 0 Å². The van der Waals surface area contributed by atoms with Crippen LogP contribution in [0.3, 0.4) is 0 Å². The number of aliphatic hydroxyl groups excluding tert-OH is 1. The van der Waals surface area contributed by atoms with Crippen LogP contribution < -0.4 is 10.2 Å². The molecule has 2 aliphatic rings. The highest BCUT2D eigenvalue weighted by Crippen LogP contribution is 2.30. The first kappa shape index (κ1) is 21.4. The second-order valence-corrected chi connectivity index (χ2v) is 7.81. The summed E-state index contributed by atoms with van der Waals surface area (Å²) in [7, 11) is 0. The molecule has 2 heterocycles. The van der Waals surface area contributed by atoms with Crippen molar-refractivity contribution in [2.24, 2.45) is 0 Å². The van der Waals surface area contributed by atoms with Crippen LogP contribution in [0.5, 0.6) is 0 Å². The fourth-order valence-corrected chi connectivity index (χ4v) is 3.98. The predicted molar refractivity (Wildman–Crippen MR) is 110 cm³/mol. The minimum atomic E-state index is -0.398. The van der Waals surface area contributed by atoms with Crippen molar-refractivity contribution >= 4 is 11.7 Å². The summed E-state index contributed by atoms with van der Waals surface area (Å²) >= 11 is 0. The van der Waals surface area contributed by atoms with E-state index in [1.54, 1.807) is 11.0 Å². The second kappa shape index (κ2) is 9.95. The smallest absolute Gasteiger partial charge is 0.318 e. The Morgan fingerprint density at radius 1 is 1.45 bits per heavy atom. The summed E-state index contributed by atoms with van der Waals surface area (Å²) in [4.78, 5) is 16.6. The SMILES string of the molecule is C#CCN(C[C@H]1CCCO1)C(=O)N[C@@H](C)c1cc(F)ccc1N1CCC(O)CC1. The van der Waals surface area contributed by atoms with Crippen LogP contribution in [0.25, 0.3) is 0 Å². The van der Waals surface area contributed by atoms with Gasteiger partial charge in [-0.05, 0) is 50.8 Å². The number of carbonyl (C=O) groups is 1. The number of aliphatic hydroxyl groups is 1. The quantitative estimate of drug-likeness (QED) is 0.717. The molecule has 1 aromatic rings. The first-order chi connectivity index (χ1) is 14.0. The van der Waals surface area contributed by atoms with E-state index in [1.807, 2.05) is 6.92 Å². The summed E-state index contributed by atoms with van der Waals surface area (Å²) < 4.78 is 19.6. The Hall–Kier alpha value is -2.30. The number of piperidine rings is 1. The molecule has 2 atom stereocenters. The van der Waals surface area contributed by atoms with Gasteiger partial charge in [0.15, 0.2) is 0 Å². The van der Waals surface area contributed by atoms with Crippen molar-refractivity contribution in [3.63, 3.8) is 0 Å². The number of hydrogen-bond acceptors (Lipinski definition) is 4. The monoisotopic (exact) mass is 403 g/mol. The highest BCUT2D eigenvalue weighted by atomic mass is 19.1. The van der Waals surface area contributed by atoms with Gasteiger partial charge in [-0.1, -0.05) is 5.92 Å². The van der Waals surface area contributed by atoms with E-state index in [-0.39, 0.29) is 30.6 Å². The zero-order chi connectivity index (χ0) is 20.8.